The van der Waals surface area contributed by atoms with Crippen molar-refractivity contribution in [1.82, 2.24) is 0 Å². The van der Waals surface area contributed by atoms with E-state index in [1.165, 1.54) is 22.6 Å². The van der Waals surface area contributed by atoms with Crippen LogP contribution in [0.4, 0.5) is 4.39 Å². The van der Waals surface area contributed by atoms with E-state index in [1.807, 2.05) is 12.1 Å². The molecule has 0 aliphatic carbocycles. The van der Waals surface area contributed by atoms with Crippen LogP contribution >= 0.6 is 11.8 Å². The molecule has 2 aromatic rings. The average Bonchev–Trinajstić information content (AvgIpc) is 2.45. The molecule has 21 heavy (non-hydrogen) atoms. The highest BCUT2D eigenvalue weighted by Crippen LogP contribution is 2.35. The Morgan fingerprint density at radius 3 is 2.05 bits per heavy atom. The van der Waals surface area contributed by atoms with Gasteiger partial charge in [0.05, 0.1) is 0 Å². The molecule has 0 aromatic heterocycles. The van der Waals surface area contributed by atoms with Crippen LogP contribution in [0.25, 0.3) is 0 Å². The van der Waals surface area contributed by atoms with Crippen molar-refractivity contribution in [2.45, 2.75) is 36.3 Å². The second-order valence-corrected chi connectivity index (χ2v) is 7.44. The van der Waals surface area contributed by atoms with E-state index in [9.17, 15) is 4.39 Å². The zero-order valence-electron chi connectivity index (χ0n) is 12.8. The van der Waals surface area contributed by atoms with Crippen molar-refractivity contribution in [3.05, 3.63) is 65.5 Å². The monoisotopic (exact) mass is 303 g/mol. The molecule has 0 radical (unpaired) electrons. The second-order valence-electron chi connectivity index (χ2n) is 6.17. The van der Waals surface area contributed by atoms with Crippen LogP contribution < -0.4 is 5.73 Å². The molecule has 3 heteroatoms. The zero-order chi connectivity index (χ0) is 15.5. The summed E-state index contributed by atoms with van der Waals surface area (Å²) < 4.78 is 13.0. The van der Waals surface area contributed by atoms with Gasteiger partial charge in [0.15, 0.2) is 0 Å². The lowest BCUT2D eigenvalue weighted by Gasteiger charge is -2.20. The molecular weight excluding hydrogens is 281 g/mol. The molecule has 0 bridgehead atoms. The number of hydrogen-bond donors (Lipinski definition) is 1. The Labute approximate surface area is 130 Å². The Balaban J connectivity index is 2.13. The summed E-state index contributed by atoms with van der Waals surface area (Å²) in [6.45, 7) is 7.14. The average molecular weight is 303 g/mol. The van der Waals surface area contributed by atoms with E-state index in [0.29, 0.717) is 6.54 Å². The maximum Gasteiger partial charge on any atom is 0.123 e. The Kier molecular flexibility index (Phi) is 5.07. The fourth-order valence-corrected chi connectivity index (χ4v) is 3.14. The van der Waals surface area contributed by atoms with Crippen LogP contribution in [0.15, 0.2) is 53.4 Å². The highest BCUT2D eigenvalue weighted by molar-refractivity contribution is 7.99. The summed E-state index contributed by atoms with van der Waals surface area (Å²) in [6, 6.07) is 15.2. The summed E-state index contributed by atoms with van der Waals surface area (Å²) in [4.78, 5) is 1.18. The minimum atomic E-state index is -0.214. The first-order chi connectivity index (χ1) is 9.90. The highest BCUT2D eigenvalue weighted by atomic mass is 32.2. The fourth-order valence-electron chi connectivity index (χ4n) is 2.13. The van der Waals surface area contributed by atoms with Crippen LogP contribution in [0.2, 0.25) is 0 Å². The lowest BCUT2D eigenvalue weighted by molar-refractivity contribution is 0.590. The van der Waals surface area contributed by atoms with Gasteiger partial charge in [-0.15, -0.1) is 11.8 Å². The minimum Gasteiger partial charge on any atom is -0.329 e. The predicted molar refractivity (Wildman–Crippen MR) is 89.2 cm³/mol. The van der Waals surface area contributed by atoms with Crippen LogP contribution in [-0.2, 0) is 5.41 Å². The third-order valence-electron chi connectivity index (χ3n) is 3.45. The maximum atomic E-state index is 13.0. The largest absolute Gasteiger partial charge is 0.329 e. The molecule has 0 aliphatic heterocycles. The SMILES string of the molecule is CC(C)(C)c1ccc(SC(CN)c2ccc(F)cc2)cc1. The highest BCUT2D eigenvalue weighted by Gasteiger charge is 2.15. The molecule has 1 unspecified atom stereocenters. The van der Waals surface area contributed by atoms with Gasteiger partial charge in [-0.05, 0) is 40.8 Å². The lowest BCUT2D eigenvalue weighted by Crippen LogP contribution is -2.11. The smallest absolute Gasteiger partial charge is 0.123 e. The normalized spacial score (nSPS) is 13.2. The first-order valence-electron chi connectivity index (χ1n) is 7.13. The van der Waals surface area contributed by atoms with E-state index in [-0.39, 0.29) is 16.5 Å². The van der Waals surface area contributed by atoms with Crippen molar-refractivity contribution in [3.63, 3.8) is 0 Å². The molecule has 0 amide bonds. The molecule has 2 aromatic carbocycles. The Hall–Kier alpha value is -1.32. The van der Waals surface area contributed by atoms with Crippen LogP contribution in [-0.4, -0.2) is 6.54 Å². The van der Waals surface area contributed by atoms with Crippen molar-refractivity contribution >= 4 is 11.8 Å². The minimum absolute atomic E-state index is 0.145. The van der Waals surface area contributed by atoms with Gasteiger partial charge in [0.1, 0.15) is 5.82 Å². The molecule has 0 saturated heterocycles. The van der Waals surface area contributed by atoms with Crippen molar-refractivity contribution < 1.29 is 4.39 Å². The van der Waals surface area contributed by atoms with E-state index in [0.717, 1.165) is 5.56 Å². The summed E-state index contributed by atoms with van der Waals surface area (Å²) in [6.07, 6.45) is 0. The Bertz CT molecular complexity index is 570. The number of nitrogens with two attached hydrogens (primary N) is 1. The van der Waals surface area contributed by atoms with E-state index in [2.05, 4.69) is 45.0 Å². The molecule has 0 heterocycles. The van der Waals surface area contributed by atoms with Gasteiger partial charge in [-0.2, -0.15) is 0 Å². The van der Waals surface area contributed by atoms with Gasteiger partial charge in [0.25, 0.3) is 0 Å². The third-order valence-corrected chi connectivity index (χ3v) is 4.75. The number of rotatable bonds is 4. The molecule has 2 rings (SSSR count). The van der Waals surface area contributed by atoms with Crippen molar-refractivity contribution in [1.29, 1.82) is 0 Å². The van der Waals surface area contributed by atoms with Gasteiger partial charge in [0, 0.05) is 16.7 Å². The van der Waals surface area contributed by atoms with Gasteiger partial charge in [-0.25, -0.2) is 4.39 Å². The maximum absolute atomic E-state index is 13.0. The summed E-state index contributed by atoms with van der Waals surface area (Å²) in [7, 11) is 0. The van der Waals surface area contributed by atoms with E-state index >= 15 is 0 Å². The fraction of sp³-hybridized carbons (Fsp3) is 0.333. The molecule has 0 fully saturated rings. The third kappa shape index (κ3) is 4.32. The molecule has 112 valence electrons. The zero-order valence-corrected chi connectivity index (χ0v) is 13.6. The quantitative estimate of drug-likeness (QED) is 0.812. The van der Waals surface area contributed by atoms with Crippen molar-refractivity contribution in [3.8, 4) is 0 Å². The van der Waals surface area contributed by atoms with Crippen molar-refractivity contribution in [2.75, 3.05) is 6.54 Å². The van der Waals surface area contributed by atoms with Gasteiger partial charge in [-0.3, -0.25) is 0 Å². The van der Waals surface area contributed by atoms with E-state index in [4.69, 9.17) is 5.73 Å². The molecule has 1 atom stereocenters. The summed E-state index contributed by atoms with van der Waals surface area (Å²) in [5.74, 6) is -0.214. The molecule has 0 saturated carbocycles. The summed E-state index contributed by atoms with van der Waals surface area (Å²) in [5, 5.41) is 0.145. The molecule has 0 spiro atoms. The van der Waals surface area contributed by atoms with Crippen molar-refractivity contribution in [2.24, 2.45) is 5.73 Å². The van der Waals surface area contributed by atoms with Crippen LogP contribution in [0.1, 0.15) is 37.1 Å². The first kappa shape index (κ1) is 16.1. The molecule has 0 aliphatic rings. The molecule has 2 N–H and O–H groups in total. The standard InChI is InChI=1S/C18H22FNS/c1-18(2,3)14-6-10-16(11-7-14)21-17(12-20)13-4-8-15(19)9-5-13/h4-11,17H,12,20H2,1-3H3. The number of thioether (sulfide) groups is 1. The van der Waals surface area contributed by atoms with Gasteiger partial charge >= 0.3 is 0 Å². The molecular formula is C18H22FNS. The van der Waals surface area contributed by atoms with Crippen LogP contribution in [0.3, 0.4) is 0 Å². The second kappa shape index (κ2) is 6.63. The Morgan fingerprint density at radius 2 is 1.57 bits per heavy atom. The van der Waals surface area contributed by atoms with Gasteiger partial charge in [0.2, 0.25) is 0 Å². The number of benzene rings is 2. The van der Waals surface area contributed by atoms with E-state index < -0.39 is 0 Å². The summed E-state index contributed by atoms with van der Waals surface area (Å²) >= 11 is 1.72. The topological polar surface area (TPSA) is 26.0 Å². The van der Waals surface area contributed by atoms with Gasteiger partial charge in [-0.1, -0.05) is 45.0 Å². The van der Waals surface area contributed by atoms with Crippen LogP contribution in [0.5, 0.6) is 0 Å². The number of hydrogen-bond acceptors (Lipinski definition) is 2. The number of halogens is 1. The first-order valence-corrected chi connectivity index (χ1v) is 8.01. The van der Waals surface area contributed by atoms with Crippen LogP contribution in [0, 0.1) is 5.82 Å². The van der Waals surface area contributed by atoms with Gasteiger partial charge < -0.3 is 5.73 Å². The lowest BCUT2D eigenvalue weighted by atomic mass is 9.87. The Morgan fingerprint density at radius 1 is 1.00 bits per heavy atom. The summed E-state index contributed by atoms with van der Waals surface area (Å²) in [5.41, 5.74) is 8.41. The predicted octanol–water partition coefficient (Wildman–Crippen LogP) is 4.92. The van der Waals surface area contributed by atoms with E-state index in [1.54, 1.807) is 11.8 Å². The molecule has 1 nitrogen and oxygen atoms in total.